The zero-order chi connectivity index (χ0) is 24.0. The van der Waals surface area contributed by atoms with E-state index < -0.39 is 19.2 Å². The molecule has 0 saturated carbocycles. The molecule has 4 aromatic carbocycles. The molecule has 0 spiro atoms. The molecule has 0 aliphatic heterocycles. The molecule has 0 heterocycles. The summed E-state index contributed by atoms with van der Waals surface area (Å²) >= 11 is 0. The summed E-state index contributed by atoms with van der Waals surface area (Å²) in [4.78, 5) is 12.4. The molecule has 0 aromatic heterocycles. The van der Waals surface area contributed by atoms with Gasteiger partial charge in [0.05, 0.1) is 5.92 Å². The zero-order valence-electron chi connectivity index (χ0n) is 18.1. The molecule has 34 heavy (non-hydrogen) atoms. The third kappa shape index (κ3) is 5.16. The first-order valence-electron chi connectivity index (χ1n) is 10.6. The Kier molecular flexibility index (Phi) is 7.04. The lowest BCUT2D eigenvalue weighted by molar-refractivity contribution is -0.274. The maximum Gasteiger partial charge on any atom is 0.573 e. The smallest absolute Gasteiger partial charge is 0.406 e. The van der Waals surface area contributed by atoms with E-state index in [4.69, 9.17) is 0 Å². The Morgan fingerprint density at radius 2 is 1.06 bits per heavy atom. The third-order valence-corrected chi connectivity index (χ3v) is 9.63. The van der Waals surface area contributed by atoms with Crippen LogP contribution in [0, 0.1) is 0 Å². The predicted octanol–water partition coefficient (Wildman–Crippen LogP) is 5.66. The molecule has 0 saturated heterocycles. The van der Waals surface area contributed by atoms with Crippen molar-refractivity contribution in [3.05, 3.63) is 121 Å². The number of aldehydes is 1. The molecule has 0 bridgehead atoms. The van der Waals surface area contributed by atoms with Crippen molar-refractivity contribution in [3.63, 3.8) is 0 Å². The summed E-state index contributed by atoms with van der Waals surface area (Å²) in [6.45, 7) is -2.40. The third-order valence-electron chi connectivity index (χ3n) is 5.52. The summed E-state index contributed by atoms with van der Waals surface area (Å²) in [7, 11) is 0. The average molecular weight is 478 g/mol. The van der Waals surface area contributed by atoms with E-state index in [-0.39, 0.29) is 5.75 Å². The maximum atomic E-state index is 12.6. The van der Waals surface area contributed by atoms with Gasteiger partial charge in [-0.05, 0) is 40.5 Å². The van der Waals surface area contributed by atoms with Gasteiger partial charge >= 0.3 is 6.36 Å². The fourth-order valence-corrected chi connectivity index (χ4v) is 8.09. The number of alkyl halides is 3. The Morgan fingerprint density at radius 1 is 0.647 bits per heavy atom. The van der Waals surface area contributed by atoms with E-state index in [1.807, 2.05) is 54.6 Å². The maximum absolute atomic E-state index is 12.6. The highest BCUT2D eigenvalue weighted by Gasteiger charge is 2.31. The Hall–Kier alpha value is -3.56. The van der Waals surface area contributed by atoms with Gasteiger partial charge in [-0.25, -0.2) is 0 Å². The van der Waals surface area contributed by atoms with Gasteiger partial charge in [-0.3, -0.25) is 0 Å². The number of halogens is 3. The van der Waals surface area contributed by atoms with E-state index in [9.17, 15) is 18.0 Å². The van der Waals surface area contributed by atoms with Gasteiger partial charge in [-0.15, -0.1) is 13.2 Å². The normalized spacial score (nSPS) is 12.6. The van der Waals surface area contributed by atoms with Gasteiger partial charge < -0.3 is 9.53 Å². The van der Waals surface area contributed by atoms with Crippen LogP contribution >= 0.6 is 6.89 Å². The van der Waals surface area contributed by atoms with Crippen LogP contribution in [0.2, 0.25) is 0 Å². The average Bonchev–Trinajstić information content (AvgIpc) is 2.86. The van der Waals surface area contributed by atoms with Gasteiger partial charge in [0.1, 0.15) is 12.0 Å². The standard InChI is InChI=1S/C28H22F3O2P/c29-28(30,31)33-24-18-16-22(17-19-24)23(20-32)21-34(25-10-4-1-5-11-25,26-12-6-2-7-13-26)27-14-8-3-9-15-27/h1-21,23H. The van der Waals surface area contributed by atoms with E-state index >= 15 is 0 Å². The van der Waals surface area contributed by atoms with Crippen LogP contribution in [0.3, 0.4) is 0 Å². The van der Waals surface area contributed by atoms with Gasteiger partial charge in [-0.1, -0.05) is 109 Å². The van der Waals surface area contributed by atoms with Crippen LogP contribution in [-0.2, 0) is 4.79 Å². The van der Waals surface area contributed by atoms with Crippen LogP contribution in [0.4, 0.5) is 13.2 Å². The van der Waals surface area contributed by atoms with Crippen molar-refractivity contribution in [1.29, 1.82) is 0 Å². The first-order valence-corrected chi connectivity index (χ1v) is 12.5. The molecule has 0 fully saturated rings. The highest BCUT2D eigenvalue weighted by Crippen LogP contribution is 2.45. The van der Waals surface area contributed by atoms with E-state index in [1.165, 1.54) is 24.3 Å². The fraction of sp³-hybridized carbons (Fsp3) is 0.0714. The van der Waals surface area contributed by atoms with Gasteiger partial charge in [0.2, 0.25) is 0 Å². The number of hydrogen-bond acceptors (Lipinski definition) is 2. The highest BCUT2D eigenvalue weighted by atomic mass is 31.2. The molecule has 1 atom stereocenters. The van der Waals surface area contributed by atoms with E-state index in [1.54, 1.807) is 0 Å². The van der Waals surface area contributed by atoms with Gasteiger partial charge in [-0.2, -0.15) is 0 Å². The molecule has 0 radical (unpaired) electrons. The Balaban J connectivity index is 1.94. The first kappa shape index (κ1) is 23.6. The molecule has 4 aromatic rings. The largest absolute Gasteiger partial charge is 0.573 e. The molecular formula is C28H22F3O2P. The van der Waals surface area contributed by atoms with Crippen molar-refractivity contribution in [2.45, 2.75) is 12.3 Å². The zero-order valence-corrected chi connectivity index (χ0v) is 19.0. The van der Waals surface area contributed by atoms with Crippen molar-refractivity contribution < 1.29 is 22.7 Å². The minimum Gasteiger partial charge on any atom is -0.406 e. The first-order chi connectivity index (χ1) is 16.4. The summed E-state index contributed by atoms with van der Waals surface area (Å²) in [5.74, 6) is 1.10. The lowest BCUT2D eigenvalue weighted by Gasteiger charge is -2.30. The summed E-state index contributed by atoms with van der Waals surface area (Å²) in [5.41, 5.74) is 0.594. The SMILES string of the molecule is O=CC(C=P(c1ccccc1)(c1ccccc1)c1ccccc1)c1ccc(OC(F)(F)F)cc1. The molecule has 0 aliphatic carbocycles. The van der Waals surface area contributed by atoms with E-state index in [2.05, 4.69) is 46.9 Å². The van der Waals surface area contributed by atoms with Crippen molar-refractivity contribution in [2.75, 3.05) is 0 Å². The minimum absolute atomic E-state index is 0.323. The molecule has 172 valence electrons. The van der Waals surface area contributed by atoms with Crippen molar-refractivity contribution >= 4 is 34.9 Å². The van der Waals surface area contributed by atoms with Crippen molar-refractivity contribution in [1.82, 2.24) is 0 Å². The minimum atomic E-state index is -4.77. The Bertz CT molecular complexity index is 1170. The van der Waals surface area contributed by atoms with Crippen LogP contribution in [0.25, 0.3) is 0 Å². The van der Waals surface area contributed by atoms with Crippen LogP contribution in [0.15, 0.2) is 115 Å². The van der Waals surface area contributed by atoms with Crippen molar-refractivity contribution in [3.8, 4) is 5.75 Å². The fourth-order valence-electron chi connectivity index (χ4n) is 4.03. The lowest BCUT2D eigenvalue weighted by atomic mass is 10.0. The second kappa shape index (κ2) is 10.1. The predicted molar refractivity (Wildman–Crippen MR) is 133 cm³/mol. The van der Waals surface area contributed by atoms with Crippen LogP contribution in [0.1, 0.15) is 11.5 Å². The topological polar surface area (TPSA) is 26.3 Å². The second-order valence-electron chi connectivity index (χ2n) is 7.66. The summed E-state index contributed by atoms with van der Waals surface area (Å²) < 4.78 is 41.7. The number of hydrogen-bond donors (Lipinski definition) is 0. The summed E-state index contributed by atoms with van der Waals surface area (Å²) in [6, 6.07) is 35.6. The highest BCUT2D eigenvalue weighted by molar-refractivity contribution is 7.94. The second-order valence-corrected chi connectivity index (χ2v) is 10.9. The molecule has 0 amide bonds. The van der Waals surface area contributed by atoms with Crippen LogP contribution in [0.5, 0.6) is 5.75 Å². The van der Waals surface area contributed by atoms with E-state index in [0.717, 1.165) is 22.2 Å². The number of rotatable bonds is 7. The Labute approximate surface area is 196 Å². The van der Waals surface area contributed by atoms with Gasteiger partial charge in [0, 0.05) is 0 Å². The Morgan fingerprint density at radius 3 is 1.41 bits per heavy atom. The van der Waals surface area contributed by atoms with E-state index in [0.29, 0.717) is 5.56 Å². The van der Waals surface area contributed by atoms with Gasteiger partial charge in [0.15, 0.2) is 0 Å². The number of carbonyl (C=O) groups is 1. The number of benzene rings is 4. The summed E-state index contributed by atoms with van der Waals surface area (Å²) in [5, 5.41) is 3.24. The molecule has 1 unspecified atom stereocenters. The number of carbonyl (C=O) groups excluding carboxylic acids is 1. The molecular weight excluding hydrogens is 456 g/mol. The molecule has 0 aliphatic rings. The van der Waals surface area contributed by atoms with Crippen LogP contribution in [-0.4, -0.2) is 18.4 Å². The molecule has 4 rings (SSSR count). The monoisotopic (exact) mass is 478 g/mol. The molecule has 0 N–H and O–H groups in total. The van der Waals surface area contributed by atoms with Gasteiger partial charge in [0.25, 0.3) is 0 Å². The number of ether oxygens (including phenoxy) is 1. The molecule has 2 nitrogen and oxygen atoms in total. The lowest BCUT2D eigenvalue weighted by Crippen LogP contribution is -2.28. The quantitative estimate of drug-likeness (QED) is 0.253. The van der Waals surface area contributed by atoms with Crippen molar-refractivity contribution in [2.24, 2.45) is 0 Å². The van der Waals surface area contributed by atoms with Crippen LogP contribution < -0.4 is 20.7 Å². The summed E-state index contributed by atoms with van der Waals surface area (Å²) in [6.07, 6.45) is -3.94. The molecule has 6 heteroatoms.